The van der Waals surface area contributed by atoms with E-state index >= 15 is 0 Å². The van der Waals surface area contributed by atoms with Crippen LogP contribution in [0.4, 0.5) is 0 Å². The monoisotopic (exact) mass is 136 g/mol. The summed E-state index contributed by atoms with van der Waals surface area (Å²) in [6, 6.07) is 0. The molecule has 0 rings (SSSR count). The molecule has 3 heteroatoms. The molecule has 0 fully saturated rings. The van der Waals surface area contributed by atoms with Gasteiger partial charge in [-0.3, -0.25) is 0 Å². The highest BCUT2D eigenvalue weighted by atomic mass is 31.1. The van der Waals surface area contributed by atoms with E-state index in [0.717, 1.165) is 6.16 Å². The lowest BCUT2D eigenvalue weighted by molar-refractivity contribution is 0.104. The van der Waals surface area contributed by atoms with E-state index < -0.39 is 5.60 Å². The summed E-state index contributed by atoms with van der Waals surface area (Å²) in [6.07, 6.45) is 0.726. The molecule has 0 bridgehead atoms. The van der Waals surface area contributed by atoms with E-state index in [0.29, 0.717) is 8.81 Å². The van der Waals surface area contributed by atoms with E-state index in [4.69, 9.17) is 9.63 Å². The van der Waals surface area contributed by atoms with Gasteiger partial charge in [0.1, 0.15) is 0 Å². The Morgan fingerprint density at radius 2 is 2.12 bits per heavy atom. The number of hydrogen-bond donors (Lipinski definition) is 1. The molecular formula is C5H13O2P. The second-order valence-electron chi connectivity index (χ2n) is 2.34. The van der Waals surface area contributed by atoms with Crippen LogP contribution in [0.2, 0.25) is 0 Å². The second kappa shape index (κ2) is 3.39. The first-order valence-corrected chi connectivity index (χ1v) is 3.66. The van der Waals surface area contributed by atoms with Gasteiger partial charge >= 0.3 is 0 Å². The Kier molecular flexibility index (Phi) is 3.54. The maximum atomic E-state index is 9.08. The van der Waals surface area contributed by atoms with Gasteiger partial charge in [0.05, 0.1) is 5.60 Å². The number of hydrogen-bond acceptors (Lipinski definition) is 2. The summed E-state index contributed by atoms with van der Waals surface area (Å²) in [5, 5.41) is 9.08. The summed E-state index contributed by atoms with van der Waals surface area (Å²) in [7, 11) is 2.06. The van der Waals surface area contributed by atoms with E-state index in [1.54, 1.807) is 21.0 Å². The molecule has 0 aliphatic carbocycles. The highest BCUT2D eigenvalue weighted by Gasteiger charge is 2.10. The largest absolute Gasteiger partial charge is 0.390 e. The molecule has 8 heavy (non-hydrogen) atoms. The minimum absolute atomic E-state index is 0.416. The van der Waals surface area contributed by atoms with Gasteiger partial charge in [-0.1, -0.05) is 0 Å². The predicted molar refractivity (Wildman–Crippen MR) is 36.5 cm³/mol. The first kappa shape index (κ1) is 8.35. The summed E-state index contributed by atoms with van der Waals surface area (Å²) < 4.78 is 4.79. The van der Waals surface area contributed by atoms with Gasteiger partial charge in [0, 0.05) is 22.1 Å². The Labute approximate surface area is 52.1 Å². The lowest BCUT2D eigenvalue weighted by Gasteiger charge is -2.14. The Bertz CT molecular complexity index is 57.9. The zero-order valence-electron chi connectivity index (χ0n) is 5.56. The van der Waals surface area contributed by atoms with Gasteiger partial charge in [-0.2, -0.15) is 0 Å². The minimum atomic E-state index is -0.561. The maximum absolute atomic E-state index is 9.08. The molecule has 0 aromatic carbocycles. The number of aliphatic hydroxyl groups is 1. The first-order chi connectivity index (χ1) is 3.56. The van der Waals surface area contributed by atoms with Crippen LogP contribution in [0.3, 0.4) is 0 Å². The van der Waals surface area contributed by atoms with Crippen molar-refractivity contribution in [1.29, 1.82) is 0 Å². The molecule has 1 atom stereocenters. The van der Waals surface area contributed by atoms with E-state index in [1.165, 1.54) is 0 Å². The smallest absolute Gasteiger partial charge is 0.0649 e. The molecule has 0 aliphatic heterocycles. The quantitative estimate of drug-likeness (QED) is 0.586. The van der Waals surface area contributed by atoms with E-state index in [9.17, 15) is 0 Å². The van der Waals surface area contributed by atoms with Crippen LogP contribution in [0.1, 0.15) is 13.8 Å². The standard InChI is InChI=1S/C5H13O2P/c1-5(2,6)4-8-7-3/h6,8H,4H2,1-3H3. The van der Waals surface area contributed by atoms with Crippen molar-refractivity contribution in [1.82, 2.24) is 0 Å². The fourth-order valence-electron chi connectivity index (χ4n) is 0.249. The molecule has 0 saturated carbocycles. The van der Waals surface area contributed by atoms with E-state index in [-0.39, 0.29) is 0 Å². The topological polar surface area (TPSA) is 29.5 Å². The molecule has 50 valence electrons. The van der Waals surface area contributed by atoms with Crippen LogP contribution < -0.4 is 0 Å². The van der Waals surface area contributed by atoms with Crippen molar-refractivity contribution in [2.75, 3.05) is 13.3 Å². The van der Waals surface area contributed by atoms with Gasteiger partial charge in [0.15, 0.2) is 0 Å². The van der Waals surface area contributed by atoms with Gasteiger partial charge < -0.3 is 9.63 Å². The minimum Gasteiger partial charge on any atom is -0.390 e. The van der Waals surface area contributed by atoms with Crippen LogP contribution in [0.5, 0.6) is 0 Å². The van der Waals surface area contributed by atoms with Crippen molar-refractivity contribution in [3.63, 3.8) is 0 Å². The lowest BCUT2D eigenvalue weighted by atomic mass is 10.2. The van der Waals surface area contributed by atoms with Gasteiger partial charge in [-0.15, -0.1) is 0 Å². The average Bonchev–Trinajstić information content (AvgIpc) is 1.59. The molecule has 1 N–H and O–H groups in total. The van der Waals surface area contributed by atoms with Crippen LogP contribution in [0.15, 0.2) is 0 Å². The summed E-state index contributed by atoms with van der Waals surface area (Å²) in [6.45, 7) is 3.55. The molecule has 0 aromatic rings. The van der Waals surface area contributed by atoms with Crippen LogP contribution >= 0.6 is 8.81 Å². The molecule has 1 unspecified atom stereocenters. The molecular weight excluding hydrogens is 123 g/mol. The Hall–Kier alpha value is 0.350. The van der Waals surface area contributed by atoms with E-state index in [1.807, 2.05) is 0 Å². The first-order valence-electron chi connectivity index (χ1n) is 2.54. The van der Waals surface area contributed by atoms with Crippen molar-refractivity contribution in [2.45, 2.75) is 19.4 Å². The van der Waals surface area contributed by atoms with Crippen molar-refractivity contribution in [3.8, 4) is 0 Å². The summed E-state index contributed by atoms with van der Waals surface area (Å²) in [5.41, 5.74) is -0.561. The zero-order chi connectivity index (χ0) is 6.62. The SMILES string of the molecule is COPCC(C)(C)O. The second-order valence-corrected chi connectivity index (χ2v) is 3.39. The molecule has 0 aromatic heterocycles. The van der Waals surface area contributed by atoms with Crippen molar-refractivity contribution < 1.29 is 9.63 Å². The average molecular weight is 136 g/mol. The maximum Gasteiger partial charge on any atom is 0.0649 e. The van der Waals surface area contributed by atoms with E-state index in [2.05, 4.69) is 0 Å². The molecule has 0 radical (unpaired) electrons. The molecule has 2 nitrogen and oxygen atoms in total. The fourth-order valence-corrected chi connectivity index (χ4v) is 0.746. The zero-order valence-corrected chi connectivity index (χ0v) is 6.56. The predicted octanol–water partition coefficient (Wildman–Crippen LogP) is 0.997. The third-order valence-electron chi connectivity index (χ3n) is 0.649. The van der Waals surface area contributed by atoms with Crippen molar-refractivity contribution in [2.24, 2.45) is 0 Å². The molecule has 0 amide bonds. The van der Waals surface area contributed by atoms with Gasteiger partial charge in [-0.25, -0.2) is 0 Å². The van der Waals surface area contributed by atoms with Crippen LogP contribution in [-0.2, 0) is 4.52 Å². The third kappa shape index (κ3) is 6.35. The molecule has 0 heterocycles. The summed E-state index contributed by atoms with van der Waals surface area (Å²) in [4.78, 5) is 0. The fraction of sp³-hybridized carbons (Fsp3) is 1.00. The lowest BCUT2D eigenvalue weighted by Crippen LogP contribution is -2.20. The third-order valence-corrected chi connectivity index (χ3v) is 1.95. The highest BCUT2D eigenvalue weighted by Crippen LogP contribution is 2.17. The summed E-state index contributed by atoms with van der Waals surface area (Å²) in [5.74, 6) is 0. The molecule has 0 aliphatic rings. The highest BCUT2D eigenvalue weighted by molar-refractivity contribution is 7.32. The molecule has 0 saturated heterocycles. The van der Waals surface area contributed by atoms with Gasteiger partial charge in [0.25, 0.3) is 0 Å². The Balaban J connectivity index is 3.11. The van der Waals surface area contributed by atoms with Crippen molar-refractivity contribution >= 4 is 8.81 Å². The molecule has 0 spiro atoms. The van der Waals surface area contributed by atoms with Crippen molar-refractivity contribution in [3.05, 3.63) is 0 Å². The normalized spacial score (nSPS) is 13.5. The summed E-state index contributed by atoms with van der Waals surface area (Å²) >= 11 is 0. The Morgan fingerprint density at radius 1 is 1.62 bits per heavy atom. The number of rotatable bonds is 3. The Morgan fingerprint density at radius 3 is 2.25 bits per heavy atom. The van der Waals surface area contributed by atoms with Gasteiger partial charge in [0.2, 0.25) is 0 Å². The van der Waals surface area contributed by atoms with Gasteiger partial charge in [-0.05, 0) is 13.8 Å². The van der Waals surface area contributed by atoms with Crippen LogP contribution in [0.25, 0.3) is 0 Å². The van der Waals surface area contributed by atoms with Crippen LogP contribution in [-0.4, -0.2) is 24.0 Å². The van der Waals surface area contributed by atoms with Crippen LogP contribution in [0, 0.1) is 0 Å².